The summed E-state index contributed by atoms with van der Waals surface area (Å²) in [4.78, 5) is 32.6. The van der Waals surface area contributed by atoms with Crippen LogP contribution >= 0.6 is 0 Å². The van der Waals surface area contributed by atoms with E-state index in [0.29, 0.717) is 17.2 Å². The van der Waals surface area contributed by atoms with E-state index in [2.05, 4.69) is 29.0 Å². The van der Waals surface area contributed by atoms with Gasteiger partial charge in [0.2, 0.25) is 0 Å². The molecule has 2 aromatic rings. The van der Waals surface area contributed by atoms with Crippen LogP contribution in [0.1, 0.15) is 42.5 Å². The van der Waals surface area contributed by atoms with E-state index in [1.54, 1.807) is 12.4 Å². The number of hydrogen-bond acceptors (Lipinski definition) is 5. The highest BCUT2D eigenvalue weighted by molar-refractivity contribution is 5.96. The second-order valence-electron chi connectivity index (χ2n) is 7.21. The fourth-order valence-corrected chi connectivity index (χ4v) is 3.45. The highest BCUT2D eigenvalue weighted by Gasteiger charge is 2.26. The molecule has 0 radical (unpaired) electrons. The first kappa shape index (κ1) is 18.0. The normalized spacial score (nSPS) is 12.7. The number of rotatable bonds is 5. The minimum atomic E-state index is -0.543. The number of ether oxygens (including phenoxy) is 1. The number of methoxy groups -OCH3 is 1. The maximum atomic E-state index is 12.3. The van der Waals surface area contributed by atoms with Crippen LogP contribution in [0.15, 0.2) is 41.5 Å². The van der Waals surface area contributed by atoms with Crippen LogP contribution in [0.3, 0.4) is 0 Å². The molecule has 3 heterocycles. The molecule has 0 saturated heterocycles. The summed E-state index contributed by atoms with van der Waals surface area (Å²) in [5, 5.41) is 6.40. The summed E-state index contributed by atoms with van der Waals surface area (Å²) in [6.45, 7) is 4.24. The van der Waals surface area contributed by atoms with Gasteiger partial charge < -0.3 is 14.3 Å². The molecule has 0 fully saturated rings. The van der Waals surface area contributed by atoms with Crippen molar-refractivity contribution in [1.82, 2.24) is 24.7 Å². The second-order valence-corrected chi connectivity index (χ2v) is 7.21. The zero-order valence-corrected chi connectivity index (χ0v) is 15.9. The summed E-state index contributed by atoms with van der Waals surface area (Å²) in [5.74, 6) is 0.587. The Balaban J connectivity index is 1.92. The van der Waals surface area contributed by atoms with Crippen LogP contribution in [0.2, 0.25) is 0 Å². The van der Waals surface area contributed by atoms with Crippen molar-refractivity contribution in [1.29, 1.82) is 0 Å². The first-order chi connectivity index (χ1) is 13.5. The molecule has 144 valence electrons. The lowest BCUT2D eigenvalue weighted by Crippen LogP contribution is -2.19. The summed E-state index contributed by atoms with van der Waals surface area (Å²) < 4.78 is 6.74. The molecule has 0 saturated carbocycles. The molecule has 2 N–H and O–H groups in total. The van der Waals surface area contributed by atoms with Crippen molar-refractivity contribution in [2.24, 2.45) is 5.92 Å². The Morgan fingerprint density at radius 1 is 1.25 bits per heavy atom. The molecule has 8 nitrogen and oxygen atoms in total. The third-order valence-corrected chi connectivity index (χ3v) is 4.76. The maximum absolute atomic E-state index is 12.3. The van der Waals surface area contributed by atoms with Gasteiger partial charge in [-0.15, -0.1) is 0 Å². The van der Waals surface area contributed by atoms with Crippen LogP contribution in [-0.2, 0) is 4.74 Å². The SMILES string of the molecule is COC(=O)c1cn([C@@H](CC(C)C)c2nc3ccccc3[nH]2)cc2c(=O)[nH]nc1-2. The Morgan fingerprint density at radius 3 is 2.75 bits per heavy atom. The molecule has 0 amide bonds. The van der Waals surface area contributed by atoms with Gasteiger partial charge in [0.05, 0.1) is 29.7 Å². The molecule has 2 aliphatic heterocycles. The van der Waals surface area contributed by atoms with Crippen LogP contribution < -0.4 is 5.56 Å². The van der Waals surface area contributed by atoms with Gasteiger partial charge in [-0.2, -0.15) is 5.10 Å². The van der Waals surface area contributed by atoms with Crippen molar-refractivity contribution in [3.05, 3.63) is 58.4 Å². The lowest BCUT2D eigenvalue weighted by atomic mass is 10.0. The number of hydrogen-bond donors (Lipinski definition) is 2. The number of para-hydroxylation sites is 2. The van der Waals surface area contributed by atoms with Crippen molar-refractivity contribution in [2.75, 3.05) is 7.11 Å². The topological polar surface area (TPSA) is 106 Å². The van der Waals surface area contributed by atoms with Gasteiger partial charge in [-0.05, 0) is 24.5 Å². The van der Waals surface area contributed by atoms with Crippen LogP contribution in [0.4, 0.5) is 0 Å². The Hall–Kier alpha value is -3.42. The maximum Gasteiger partial charge on any atom is 0.341 e. The molecule has 1 atom stereocenters. The van der Waals surface area contributed by atoms with E-state index < -0.39 is 5.97 Å². The number of fused-ring (bicyclic) bond motifs is 2. The van der Waals surface area contributed by atoms with E-state index in [1.165, 1.54) is 7.11 Å². The molecule has 2 aliphatic rings. The number of nitrogens with zero attached hydrogens (tertiary/aromatic N) is 3. The highest BCUT2D eigenvalue weighted by atomic mass is 16.5. The third kappa shape index (κ3) is 3.06. The zero-order valence-electron chi connectivity index (χ0n) is 15.9. The van der Waals surface area contributed by atoms with Gasteiger partial charge in [-0.3, -0.25) is 4.79 Å². The van der Waals surface area contributed by atoms with Gasteiger partial charge in [-0.1, -0.05) is 26.0 Å². The summed E-state index contributed by atoms with van der Waals surface area (Å²) in [7, 11) is 1.31. The number of imidazole rings is 1. The number of esters is 1. The minimum absolute atomic E-state index is 0.186. The fourth-order valence-electron chi connectivity index (χ4n) is 3.45. The van der Waals surface area contributed by atoms with Crippen molar-refractivity contribution in [3.63, 3.8) is 0 Å². The average Bonchev–Trinajstić information content (AvgIpc) is 3.28. The van der Waals surface area contributed by atoms with E-state index in [-0.39, 0.29) is 17.2 Å². The Bertz CT molecular complexity index is 1140. The number of carbonyl (C=O) groups excluding carboxylic acids is 1. The van der Waals surface area contributed by atoms with E-state index in [9.17, 15) is 9.59 Å². The van der Waals surface area contributed by atoms with Crippen LogP contribution in [-0.4, -0.2) is 37.8 Å². The number of carbonyl (C=O) groups is 1. The molecule has 1 aromatic heterocycles. The second kappa shape index (κ2) is 6.95. The Morgan fingerprint density at radius 2 is 2.04 bits per heavy atom. The van der Waals surface area contributed by atoms with Crippen molar-refractivity contribution in [2.45, 2.75) is 26.3 Å². The molecule has 0 unspecified atom stereocenters. The number of aromatic nitrogens is 5. The molecule has 0 spiro atoms. The van der Waals surface area contributed by atoms with Gasteiger partial charge in [-0.25, -0.2) is 14.9 Å². The lowest BCUT2D eigenvalue weighted by molar-refractivity contribution is 0.0600. The van der Waals surface area contributed by atoms with Gasteiger partial charge >= 0.3 is 5.97 Å². The first-order valence-corrected chi connectivity index (χ1v) is 9.10. The lowest BCUT2D eigenvalue weighted by Gasteiger charge is -2.22. The van der Waals surface area contributed by atoms with Gasteiger partial charge in [0, 0.05) is 12.4 Å². The molecule has 0 bridgehead atoms. The van der Waals surface area contributed by atoms with Crippen LogP contribution in [0, 0.1) is 5.92 Å². The predicted octanol–water partition coefficient (Wildman–Crippen LogP) is 2.97. The van der Waals surface area contributed by atoms with Crippen molar-refractivity contribution < 1.29 is 9.53 Å². The van der Waals surface area contributed by atoms with E-state index in [4.69, 9.17) is 9.72 Å². The van der Waals surface area contributed by atoms with Crippen molar-refractivity contribution >= 4 is 17.0 Å². The standard InChI is InChI=1S/C20H21N5O3/c1-11(2)8-16(18-21-14-6-4-5-7-15(14)22-18)25-9-12-17(23-24-19(12)26)13(10-25)20(27)28-3/h4-7,9-11,16H,8H2,1-3H3,(H,21,22)(H,24,26)/t16-/m0/s1. The average molecular weight is 379 g/mol. The number of pyridine rings is 1. The van der Waals surface area contributed by atoms with Gasteiger partial charge in [0.25, 0.3) is 5.56 Å². The summed E-state index contributed by atoms with van der Waals surface area (Å²) in [6, 6.07) is 7.62. The largest absolute Gasteiger partial charge is 0.465 e. The number of benzene rings is 1. The molecule has 8 heteroatoms. The highest BCUT2D eigenvalue weighted by Crippen LogP contribution is 2.29. The molecule has 4 rings (SSSR count). The van der Waals surface area contributed by atoms with Crippen molar-refractivity contribution in [3.8, 4) is 11.3 Å². The molecule has 28 heavy (non-hydrogen) atoms. The van der Waals surface area contributed by atoms with Gasteiger partial charge in [0.15, 0.2) is 0 Å². The zero-order chi connectivity index (χ0) is 19.8. The number of nitrogens with one attached hydrogen (secondary N) is 2. The van der Waals surface area contributed by atoms with E-state index in [0.717, 1.165) is 23.3 Å². The fraction of sp³-hybridized carbons (Fsp3) is 0.300. The smallest absolute Gasteiger partial charge is 0.341 e. The quantitative estimate of drug-likeness (QED) is 0.519. The van der Waals surface area contributed by atoms with E-state index >= 15 is 0 Å². The van der Waals surface area contributed by atoms with Crippen LogP contribution in [0.5, 0.6) is 0 Å². The summed E-state index contributed by atoms with van der Waals surface area (Å²) in [6.07, 6.45) is 4.16. The van der Waals surface area contributed by atoms with Gasteiger partial charge in [0.1, 0.15) is 17.1 Å². The predicted molar refractivity (Wildman–Crippen MR) is 104 cm³/mol. The Labute approximate surface area is 160 Å². The molecular formula is C20H21N5O3. The number of H-pyrrole nitrogens is 2. The monoisotopic (exact) mass is 379 g/mol. The number of aromatic amines is 2. The molecule has 0 aliphatic carbocycles. The molecule has 1 aromatic carbocycles. The summed E-state index contributed by atoms with van der Waals surface area (Å²) in [5.41, 5.74) is 2.35. The minimum Gasteiger partial charge on any atom is -0.465 e. The first-order valence-electron chi connectivity index (χ1n) is 9.10. The van der Waals surface area contributed by atoms with E-state index in [1.807, 2.05) is 28.8 Å². The third-order valence-electron chi connectivity index (χ3n) is 4.76. The van der Waals surface area contributed by atoms with Crippen LogP contribution in [0.25, 0.3) is 22.3 Å². The summed E-state index contributed by atoms with van der Waals surface area (Å²) >= 11 is 0. The Kier molecular flexibility index (Phi) is 4.46. The molecular weight excluding hydrogens is 358 g/mol.